The van der Waals surface area contributed by atoms with Crippen LogP contribution in [0.15, 0.2) is 0 Å². The van der Waals surface area contributed by atoms with E-state index in [4.69, 9.17) is 1.34 Å². The lowest BCUT2D eigenvalue weighted by atomic mass is 10.1. The third kappa shape index (κ3) is 1.92. The number of rotatable bonds is 1. The van der Waals surface area contributed by atoms with Crippen molar-refractivity contribution in [3.8, 4) is 0 Å². The van der Waals surface area contributed by atoms with Crippen molar-refractivity contribution in [3.05, 3.63) is 0 Å². The van der Waals surface area contributed by atoms with Crippen LogP contribution < -0.4 is 0 Å². The normalized spacial score (nSPS) is 10.0. The van der Waals surface area contributed by atoms with Gasteiger partial charge in [0.2, 0.25) is 0 Å². The highest BCUT2D eigenvalue weighted by Crippen LogP contribution is 1.58. The molecule has 0 N–H and O–H groups in total. The summed E-state index contributed by atoms with van der Waals surface area (Å²) < 4.78 is 27.1. The van der Waals surface area contributed by atoms with Crippen molar-refractivity contribution in [1.29, 1.82) is 1.34 Å². The molecule has 24 valence electrons. The van der Waals surface area contributed by atoms with Crippen LogP contribution in [0.25, 0.3) is 0 Å². The molecule has 3 heteroatoms. The Morgan fingerprint density at radius 1 is 2.25 bits per heavy atom. The zero-order valence-corrected chi connectivity index (χ0v) is 2.04. The minimum absolute atomic E-state index is 1.19. The van der Waals surface area contributed by atoms with Crippen LogP contribution in [0.2, 0.25) is 0 Å². The summed E-state index contributed by atoms with van der Waals surface area (Å²) in [5.41, 5.74) is 0. The van der Waals surface area contributed by atoms with Crippen molar-refractivity contribution in [2.45, 2.75) is 0 Å². The maximum atomic E-state index is 10.7. The number of alkyl halides is 1. The Morgan fingerprint density at radius 3 is 2.50 bits per heavy atom. The molecule has 0 aliphatic carbocycles. The minimum atomic E-state index is -2.03. The second-order valence-electron chi connectivity index (χ2n) is 0.309. The third-order valence-corrected chi connectivity index (χ3v) is 0.0583. The molecule has 0 aliphatic rings. The lowest BCUT2D eigenvalue weighted by Gasteiger charge is -1.56. The number of hydrogen-bond donors (Lipinski definition) is 0. The van der Waals surface area contributed by atoms with Crippen molar-refractivity contribution >= 4 is 7.52 Å². The maximum Gasteiger partial charge on any atom is 0.362 e. The molecule has 0 rings (SSSR count). The van der Waals surface area contributed by atoms with Gasteiger partial charge in [-0.1, -0.05) is 0 Å². The van der Waals surface area contributed by atoms with Crippen molar-refractivity contribution < 1.29 is 8.71 Å². The van der Waals surface area contributed by atoms with Crippen LogP contribution in [0.4, 0.5) is 8.71 Å². The molecule has 0 heterocycles. The van der Waals surface area contributed by atoms with Crippen LogP contribution in [0.3, 0.4) is 0 Å². The smallest absolute Gasteiger partial charge is 0.338 e. The first-order valence-corrected chi connectivity index (χ1v) is 0.894. The Bertz CT molecular complexity index is 23.6. The van der Waals surface area contributed by atoms with Crippen LogP contribution in [0.1, 0.15) is 0 Å². The third-order valence-electron chi connectivity index (χ3n) is 0.0583. The molecule has 0 aliphatic heterocycles. The van der Waals surface area contributed by atoms with E-state index in [2.05, 4.69) is 0 Å². The van der Waals surface area contributed by atoms with Gasteiger partial charge in [-0.05, 0) is 0 Å². The largest absolute Gasteiger partial charge is 0.362 e. The van der Waals surface area contributed by atoms with Crippen LogP contribution >= 0.6 is 0 Å². The Hall–Kier alpha value is -0.0751. The van der Waals surface area contributed by atoms with Crippen LogP contribution in [-0.4, -0.2) is 15.4 Å². The molecule has 0 radical (unpaired) electrons. The monoisotopic (exact) mass is 65.0 g/mol. The van der Waals surface area contributed by atoms with Gasteiger partial charge in [0.25, 0.3) is 0 Å². The second kappa shape index (κ2) is 2.92. The standard InChI is InChI=1S/CH3BF2/c3-1-2-4/h2H,1H2/i2D. The molecule has 0 aromatic rings. The molecule has 0 amide bonds. The summed E-state index contributed by atoms with van der Waals surface area (Å²) >= 11 is 0. The molecular formula is CH3BF2. The van der Waals surface area contributed by atoms with Gasteiger partial charge < -0.3 is 4.32 Å². The highest BCUT2D eigenvalue weighted by atomic mass is 19.2. The van der Waals surface area contributed by atoms with Gasteiger partial charge in [0.15, 0.2) is 0 Å². The zero-order valence-electron chi connectivity index (χ0n) is 3.04. The van der Waals surface area contributed by atoms with Crippen LogP contribution in [-0.2, 0) is 0 Å². The Morgan fingerprint density at radius 2 is 2.50 bits per heavy atom. The molecule has 0 fully saturated rings. The molecule has 0 atom stereocenters. The van der Waals surface area contributed by atoms with Crippen LogP contribution in [0.5, 0.6) is 0 Å². The Labute approximate surface area is 25.5 Å². The van der Waals surface area contributed by atoms with E-state index < -0.39 is 14.1 Å². The molecule has 0 unspecified atom stereocenters. The van der Waals surface area contributed by atoms with Gasteiger partial charge in [0.1, 0.15) is 0 Å². The summed E-state index contributed by atoms with van der Waals surface area (Å²) in [5, 5.41) is 0. The van der Waals surface area contributed by atoms with Crippen molar-refractivity contribution in [2.75, 3.05) is 6.57 Å². The lowest BCUT2D eigenvalue weighted by Crippen LogP contribution is -1.76. The summed E-state index contributed by atoms with van der Waals surface area (Å²) in [5.74, 6) is 0. The first-order valence-electron chi connectivity index (χ1n) is 1.47. The van der Waals surface area contributed by atoms with Gasteiger partial charge in [-0.2, -0.15) is 0 Å². The summed E-state index contributed by atoms with van der Waals surface area (Å²) in [6, 6.07) is 0. The fourth-order valence-corrected chi connectivity index (χ4v) is 0. The van der Waals surface area contributed by atoms with E-state index in [0.29, 0.717) is 0 Å². The van der Waals surface area contributed by atoms with Crippen molar-refractivity contribution in [3.63, 3.8) is 0 Å². The lowest BCUT2D eigenvalue weighted by molar-refractivity contribution is 0.575. The number of hydrogen-bond acceptors (Lipinski definition) is 0. The van der Waals surface area contributed by atoms with Crippen molar-refractivity contribution in [2.24, 2.45) is 0 Å². The topological polar surface area (TPSA) is 0 Å². The summed E-state index contributed by atoms with van der Waals surface area (Å²) in [7, 11) is -2.03. The van der Waals surface area contributed by atoms with Gasteiger partial charge in [-0.3, -0.25) is 4.39 Å². The van der Waals surface area contributed by atoms with Crippen LogP contribution in [0, 0.1) is 0 Å². The maximum absolute atomic E-state index is 10.7. The molecule has 0 aromatic heterocycles. The fourth-order valence-electron chi connectivity index (χ4n) is 0. The van der Waals surface area contributed by atoms with Gasteiger partial charge >= 0.3 is 7.52 Å². The van der Waals surface area contributed by atoms with E-state index in [1.165, 1.54) is 0 Å². The average Bonchev–Trinajstić information content (AvgIpc) is 1.38. The van der Waals surface area contributed by atoms with Crippen molar-refractivity contribution in [1.82, 2.24) is 0 Å². The van der Waals surface area contributed by atoms with E-state index >= 15 is 0 Å². The Kier molecular flexibility index (Phi) is 1.59. The summed E-state index contributed by atoms with van der Waals surface area (Å²) in [6.45, 7) is -1.19. The minimum Gasteiger partial charge on any atom is -0.338 e. The quantitative estimate of drug-likeness (QED) is 0.383. The van der Waals surface area contributed by atoms with E-state index in [9.17, 15) is 8.71 Å². The van der Waals surface area contributed by atoms with E-state index in [0.717, 1.165) is 0 Å². The summed E-state index contributed by atoms with van der Waals surface area (Å²) in [4.78, 5) is 0. The number of halogens is 2. The molecule has 4 heavy (non-hydrogen) atoms. The molecule has 0 nitrogen and oxygen atoms in total. The highest BCUT2D eigenvalue weighted by Gasteiger charge is 1.73. The molecule has 0 bridgehead atoms. The summed E-state index contributed by atoms with van der Waals surface area (Å²) in [6.07, 6.45) is 0. The van der Waals surface area contributed by atoms with Gasteiger partial charge in [-0.15, -0.1) is 0 Å². The first kappa shape index (κ1) is 2.18. The van der Waals surface area contributed by atoms with Gasteiger partial charge in [0, 0.05) is 1.34 Å². The van der Waals surface area contributed by atoms with Gasteiger partial charge in [-0.25, -0.2) is 0 Å². The SMILES string of the molecule is [2H]B(F)CF. The molecule has 0 saturated heterocycles. The van der Waals surface area contributed by atoms with E-state index in [-0.39, 0.29) is 0 Å². The Balaban J connectivity index is 2.54. The predicted molar refractivity (Wildman–Crippen MR) is 14.2 cm³/mol. The first-order chi connectivity index (χ1) is 2.27. The second-order valence-corrected chi connectivity index (χ2v) is 0.309. The molecule has 0 spiro atoms. The zero-order chi connectivity index (χ0) is 4.28. The predicted octanol–water partition coefficient (Wildman–Crippen LogP) is 0.234. The molecule has 0 saturated carbocycles. The molecule has 0 aromatic carbocycles. The van der Waals surface area contributed by atoms with E-state index in [1.807, 2.05) is 0 Å². The van der Waals surface area contributed by atoms with E-state index in [1.54, 1.807) is 0 Å². The van der Waals surface area contributed by atoms with Gasteiger partial charge in [0.05, 0.1) is 6.57 Å². The highest BCUT2D eigenvalue weighted by molar-refractivity contribution is 6.25. The average molecular weight is 64.8 g/mol. The fraction of sp³-hybridized carbons (Fsp3) is 1.00. The molecular weight excluding hydrogens is 60.8 g/mol.